The minimum Gasteiger partial charge on any atom is -0.493 e. The van der Waals surface area contributed by atoms with E-state index in [0.29, 0.717) is 41.5 Å². The fraction of sp³-hybridized carbons (Fsp3) is 0.194. The minimum absolute atomic E-state index is 0.310. The van der Waals surface area contributed by atoms with Crippen LogP contribution in [-0.4, -0.2) is 36.9 Å². The van der Waals surface area contributed by atoms with Crippen LogP contribution in [0.15, 0.2) is 90.9 Å². The quantitative estimate of drug-likeness (QED) is 0.0890. The van der Waals surface area contributed by atoms with E-state index in [2.05, 4.69) is 32.4 Å². The normalized spacial score (nSPS) is 13.2. The van der Waals surface area contributed by atoms with Crippen molar-refractivity contribution in [2.24, 2.45) is 0 Å². The van der Waals surface area contributed by atoms with Gasteiger partial charge in [0.1, 0.15) is 29.4 Å². The largest absolute Gasteiger partial charge is 0.493 e. The molecule has 2 aromatic carbocycles. The summed E-state index contributed by atoms with van der Waals surface area (Å²) in [6.07, 6.45) is 8.15. The lowest BCUT2D eigenvalue weighted by molar-refractivity contribution is -0.207. The molecule has 1 N–H and O–H groups in total. The zero-order valence-corrected chi connectivity index (χ0v) is 22.8. The number of nitrogens with zero attached hydrogens (tertiary/aromatic N) is 6. The fourth-order valence-electron chi connectivity index (χ4n) is 3.90. The minimum atomic E-state index is -4.17. The van der Waals surface area contributed by atoms with Gasteiger partial charge in [-0.25, -0.2) is 13.5 Å². The molecule has 0 aliphatic heterocycles. The Morgan fingerprint density at radius 3 is 2.47 bits per heavy atom. The number of aromatic nitrogens is 5. The Balaban J connectivity index is 1.47. The van der Waals surface area contributed by atoms with E-state index in [9.17, 15) is 13.9 Å². The number of nitriles is 1. The van der Waals surface area contributed by atoms with E-state index >= 15 is 8.78 Å². The molecule has 2 heterocycles. The molecule has 0 amide bonds. The van der Waals surface area contributed by atoms with Crippen LogP contribution in [0, 0.1) is 34.8 Å². The molecular weight excluding hydrogens is 564 g/mol. The third kappa shape index (κ3) is 7.50. The number of pyridine rings is 1. The molecule has 0 bridgehead atoms. The van der Waals surface area contributed by atoms with Crippen LogP contribution >= 0.6 is 0 Å². The van der Waals surface area contributed by atoms with Gasteiger partial charge in [-0.2, -0.15) is 14.0 Å². The van der Waals surface area contributed by atoms with E-state index in [1.54, 1.807) is 43.3 Å². The van der Waals surface area contributed by atoms with Crippen LogP contribution in [0.25, 0.3) is 0 Å². The van der Waals surface area contributed by atoms with Crippen LogP contribution in [-0.2, 0) is 18.1 Å². The first-order valence-electron chi connectivity index (χ1n) is 12.8. The van der Waals surface area contributed by atoms with Crippen molar-refractivity contribution in [2.45, 2.75) is 31.4 Å². The van der Waals surface area contributed by atoms with E-state index < -0.39 is 41.0 Å². The van der Waals surface area contributed by atoms with Gasteiger partial charge in [0.05, 0.1) is 19.2 Å². The average molecular weight is 589 g/mol. The summed E-state index contributed by atoms with van der Waals surface area (Å²) in [7, 11) is 0. The van der Waals surface area contributed by atoms with Gasteiger partial charge in [-0.05, 0) is 78.4 Å². The number of aliphatic hydroxyl groups is 1. The number of rotatable bonds is 10. The van der Waals surface area contributed by atoms with Gasteiger partial charge >= 0.3 is 5.92 Å². The molecule has 0 fully saturated rings. The number of tetrazole rings is 1. The van der Waals surface area contributed by atoms with Crippen molar-refractivity contribution in [2.75, 3.05) is 6.61 Å². The van der Waals surface area contributed by atoms with E-state index in [1.165, 1.54) is 6.07 Å². The van der Waals surface area contributed by atoms with Gasteiger partial charge in [0.15, 0.2) is 5.60 Å². The Bertz CT molecular complexity index is 1700. The van der Waals surface area contributed by atoms with Gasteiger partial charge in [0.2, 0.25) is 0 Å². The predicted molar refractivity (Wildman–Crippen MR) is 147 cm³/mol. The summed E-state index contributed by atoms with van der Waals surface area (Å²) < 4.78 is 66.4. The second kappa shape index (κ2) is 13.6. The van der Waals surface area contributed by atoms with Crippen LogP contribution in [0.2, 0.25) is 0 Å². The maximum atomic E-state index is 15.9. The number of benzene rings is 2. The van der Waals surface area contributed by atoms with E-state index in [0.717, 1.165) is 35.4 Å². The van der Waals surface area contributed by atoms with Crippen LogP contribution in [0.5, 0.6) is 5.75 Å². The third-order valence-corrected chi connectivity index (χ3v) is 6.18. The number of halogens is 4. The van der Waals surface area contributed by atoms with Crippen molar-refractivity contribution in [3.63, 3.8) is 0 Å². The Morgan fingerprint density at radius 2 is 1.81 bits per heavy atom. The molecule has 218 valence electrons. The summed E-state index contributed by atoms with van der Waals surface area (Å²) in [6.45, 7) is 1.22. The molecule has 43 heavy (non-hydrogen) atoms. The predicted octanol–water partition coefficient (Wildman–Crippen LogP) is 5.22. The van der Waals surface area contributed by atoms with Gasteiger partial charge < -0.3 is 9.84 Å². The highest BCUT2D eigenvalue weighted by atomic mass is 19.3. The van der Waals surface area contributed by atoms with E-state index in [-0.39, 0.29) is 0 Å². The third-order valence-electron chi connectivity index (χ3n) is 6.18. The van der Waals surface area contributed by atoms with Crippen LogP contribution in [0.1, 0.15) is 35.7 Å². The fourth-order valence-corrected chi connectivity index (χ4v) is 3.90. The lowest BCUT2D eigenvalue weighted by atomic mass is 9.84. The molecule has 0 aliphatic rings. The topological polar surface area (TPSA) is 110 Å². The van der Waals surface area contributed by atoms with Gasteiger partial charge in [-0.1, -0.05) is 24.0 Å². The van der Waals surface area contributed by atoms with Crippen molar-refractivity contribution in [1.82, 2.24) is 25.2 Å². The van der Waals surface area contributed by atoms with Crippen molar-refractivity contribution in [1.29, 1.82) is 5.26 Å². The summed E-state index contributed by atoms with van der Waals surface area (Å²) in [5, 5.41) is 30.2. The highest BCUT2D eigenvalue weighted by molar-refractivity contribution is 5.44. The monoisotopic (exact) mass is 588 g/mol. The molecule has 1 atom stereocenters. The standard InChI is InChI=1S/C31H24F4N6O2/c1-22(18-36)5-3-2-4-16-43-26-12-8-23(9-13-26)6-7-24-10-15-29(37-19-24)31(34,35)30(42,20-41-21-38-39-40-41)27-14-11-25(32)17-28(27)33/h2-3,5,8-15,17,19,21,42H,4,16,20H2,1H3/b3-2-,22-5+. The van der Waals surface area contributed by atoms with E-state index in [1.807, 2.05) is 12.1 Å². The molecule has 2 aromatic heterocycles. The van der Waals surface area contributed by atoms with Crippen LogP contribution in [0.3, 0.4) is 0 Å². The van der Waals surface area contributed by atoms with Gasteiger partial charge in [0.25, 0.3) is 0 Å². The van der Waals surface area contributed by atoms with Crippen molar-refractivity contribution >= 4 is 0 Å². The summed E-state index contributed by atoms with van der Waals surface area (Å²) in [4.78, 5) is 3.80. The molecule has 0 radical (unpaired) electrons. The summed E-state index contributed by atoms with van der Waals surface area (Å²) >= 11 is 0. The molecule has 1 unspecified atom stereocenters. The molecular formula is C31H24F4N6O2. The number of ether oxygens (including phenoxy) is 1. The Labute approximate surface area is 244 Å². The first kappa shape index (κ1) is 30.6. The Morgan fingerprint density at radius 1 is 1.07 bits per heavy atom. The first-order valence-corrected chi connectivity index (χ1v) is 12.8. The molecule has 0 spiro atoms. The summed E-state index contributed by atoms with van der Waals surface area (Å²) in [5.74, 6) is -0.153. The molecule has 12 heteroatoms. The van der Waals surface area contributed by atoms with Crippen molar-refractivity contribution in [3.05, 3.63) is 125 Å². The molecule has 0 saturated heterocycles. The molecule has 8 nitrogen and oxygen atoms in total. The maximum Gasteiger partial charge on any atom is 0.323 e. The van der Waals surface area contributed by atoms with Crippen LogP contribution in [0.4, 0.5) is 17.6 Å². The zero-order valence-electron chi connectivity index (χ0n) is 22.8. The maximum absolute atomic E-state index is 15.9. The zero-order chi connectivity index (χ0) is 30.9. The van der Waals surface area contributed by atoms with Crippen LogP contribution < -0.4 is 4.74 Å². The first-order chi connectivity index (χ1) is 20.6. The second-order valence-corrected chi connectivity index (χ2v) is 9.30. The van der Waals surface area contributed by atoms with E-state index in [4.69, 9.17) is 10.00 Å². The highest BCUT2D eigenvalue weighted by Gasteiger charge is 2.58. The molecule has 0 aliphatic carbocycles. The van der Waals surface area contributed by atoms with Gasteiger partial charge in [-0.15, -0.1) is 5.10 Å². The second-order valence-electron chi connectivity index (χ2n) is 9.30. The average Bonchev–Trinajstić information content (AvgIpc) is 3.51. The lowest BCUT2D eigenvalue weighted by Gasteiger charge is -2.35. The lowest BCUT2D eigenvalue weighted by Crippen LogP contribution is -2.48. The SMILES string of the molecule is C/C(C#N)=C\C=C/CCOc1ccc(C#Cc2ccc(C(F)(F)C(O)(Cn3cnnn3)c3ccc(F)cc3F)nc2)cc1. The number of hydrogen-bond acceptors (Lipinski definition) is 7. The van der Waals surface area contributed by atoms with Crippen molar-refractivity contribution < 1.29 is 27.4 Å². The molecule has 0 saturated carbocycles. The number of allylic oxidation sites excluding steroid dienone is 3. The smallest absolute Gasteiger partial charge is 0.323 e. The number of alkyl halides is 2. The molecule has 4 rings (SSSR count). The van der Waals surface area contributed by atoms with Gasteiger partial charge in [0, 0.05) is 34.5 Å². The van der Waals surface area contributed by atoms with Crippen molar-refractivity contribution in [3.8, 4) is 23.7 Å². The van der Waals surface area contributed by atoms with Gasteiger partial charge in [-0.3, -0.25) is 4.98 Å². The Hall–Kier alpha value is -5.33. The summed E-state index contributed by atoms with van der Waals surface area (Å²) in [6, 6.07) is 13.2. The number of hydrogen-bond donors (Lipinski definition) is 1. The highest BCUT2D eigenvalue weighted by Crippen LogP contribution is 2.46. The molecule has 4 aromatic rings. The Kier molecular flexibility index (Phi) is 9.65. The summed E-state index contributed by atoms with van der Waals surface area (Å²) in [5.41, 5.74) is -3.39.